The molecule has 0 bridgehead atoms. The van der Waals surface area contributed by atoms with Crippen molar-refractivity contribution in [3.8, 4) is 11.5 Å². The van der Waals surface area contributed by atoms with Crippen LogP contribution in [0.1, 0.15) is 5.56 Å². The molecule has 6 nitrogen and oxygen atoms in total. The van der Waals surface area contributed by atoms with Gasteiger partial charge in [0, 0.05) is 17.7 Å². The topological polar surface area (TPSA) is 102 Å². The minimum atomic E-state index is -0.707. The summed E-state index contributed by atoms with van der Waals surface area (Å²) in [6, 6.07) is 8.02. The number of nitrogens with one attached hydrogen (secondary N) is 1. The molecule has 2 aromatic carbocycles. The molecule has 8 heteroatoms. The maximum Gasteiger partial charge on any atom is 0.269 e. The molecule has 0 amide bonds. The number of rotatable bonds is 4. The molecule has 0 radical (unpaired) electrons. The molecular formula is C13H9BrFN3O3. The highest BCUT2D eigenvalue weighted by Gasteiger charge is 2.15. The Morgan fingerprint density at radius 1 is 1.29 bits per heavy atom. The maximum absolute atomic E-state index is 14.1. The van der Waals surface area contributed by atoms with Crippen LogP contribution in [0.25, 0.3) is 0 Å². The summed E-state index contributed by atoms with van der Waals surface area (Å²) in [5, 5.41) is 17.8. The fraction of sp³-hybridized carbons (Fsp3) is 0. The number of benzene rings is 2. The predicted molar refractivity (Wildman–Crippen MR) is 78.3 cm³/mol. The summed E-state index contributed by atoms with van der Waals surface area (Å²) < 4.78 is 19.4. The van der Waals surface area contributed by atoms with Gasteiger partial charge in [-0.3, -0.25) is 15.5 Å². The number of amidine groups is 1. The zero-order chi connectivity index (χ0) is 15.6. The third-order valence-electron chi connectivity index (χ3n) is 2.61. The second-order valence-corrected chi connectivity index (χ2v) is 4.80. The molecule has 0 aromatic heterocycles. The first-order valence-corrected chi connectivity index (χ1v) is 6.44. The number of nitrogens with zero attached hydrogens (tertiary/aromatic N) is 1. The van der Waals surface area contributed by atoms with E-state index in [2.05, 4.69) is 15.9 Å². The number of hydrogen-bond acceptors (Lipinski definition) is 4. The van der Waals surface area contributed by atoms with E-state index in [1.54, 1.807) is 0 Å². The molecule has 108 valence electrons. The Kier molecular flexibility index (Phi) is 4.18. The monoisotopic (exact) mass is 353 g/mol. The third-order valence-corrected chi connectivity index (χ3v) is 3.39. The number of halogens is 2. The average molecular weight is 354 g/mol. The van der Waals surface area contributed by atoms with Gasteiger partial charge < -0.3 is 10.5 Å². The largest absolute Gasteiger partial charge is 0.454 e. The van der Waals surface area contributed by atoms with E-state index in [0.29, 0.717) is 0 Å². The Labute approximate surface area is 127 Å². The van der Waals surface area contributed by atoms with E-state index in [0.717, 1.165) is 0 Å². The first kappa shape index (κ1) is 14.9. The Morgan fingerprint density at radius 2 is 1.90 bits per heavy atom. The van der Waals surface area contributed by atoms with Crippen LogP contribution in [0.4, 0.5) is 10.1 Å². The van der Waals surface area contributed by atoms with Gasteiger partial charge in [0.15, 0.2) is 11.6 Å². The standard InChI is InChI=1S/C13H9BrFN3O3/c14-11-9(13(16)17)5-6-10(12(11)15)21-8-3-1-7(2-4-8)18(19)20/h1-6H,(H3,16,17). The van der Waals surface area contributed by atoms with E-state index in [1.165, 1.54) is 36.4 Å². The van der Waals surface area contributed by atoms with Crippen molar-refractivity contribution < 1.29 is 14.1 Å². The van der Waals surface area contributed by atoms with Crippen LogP contribution in [-0.2, 0) is 0 Å². The fourth-order valence-corrected chi connectivity index (χ4v) is 2.12. The van der Waals surface area contributed by atoms with E-state index in [1.807, 2.05) is 0 Å². The molecule has 0 unspecified atom stereocenters. The molecule has 0 fully saturated rings. The highest BCUT2D eigenvalue weighted by Crippen LogP contribution is 2.32. The van der Waals surface area contributed by atoms with E-state index in [-0.39, 0.29) is 33.1 Å². The first-order valence-electron chi connectivity index (χ1n) is 5.65. The van der Waals surface area contributed by atoms with Gasteiger partial charge in [0.25, 0.3) is 5.69 Å². The van der Waals surface area contributed by atoms with Crippen molar-refractivity contribution in [2.24, 2.45) is 5.73 Å². The van der Waals surface area contributed by atoms with Gasteiger partial charge in [-0.05, 0) is 40.2 Å². The van der Waals surface area contributed by atoms with E-state index < -0.39 is 10.7 Å². The molecule has 2 aromatic rings. The molecule has 0 aliphatic heterocycles. The molecule has 21 heavy (non-hydrogen) atoms. The van der Waals surface area contributed by atoms with Gasteiger partial charge in [-0.25, -0.2) is 4.39 Å². The number of nitrogens with two attached hydrogens (primary N) is 1. The highest BCUT2D eigenvalue weighted by atomic mass is 79.9. The Morgan fingerprint density at radius 3 is 2.43 bits per heavy atom. The highest BCUT2D eigenvalue weighted by molar-refractivity contribution is 9.10. The molecule has 3 N–H and O–H groups in total. The van der Waals surface area contributed by atoms with Crippen LogP contribution in [0, 0.1) is 21.3 Å². The molecule has 2 rings (SSSR count). The Hall–Kier alpha value is -2.48. The molecule has 0 aliphatic rings. The van der Waals surface area contributed by atoms with Crippen molar-refractivity contribution in [3.63, 3.8) is 0 Å². The van der Waals surface area contributed by atoms with Gasteiger partial charge in [0.2, 0.25) is 0 Å². The van der Waals surface area contributed by atoms with Crippen molar-refractivity contribution in [1.82, 2.24) is 0 Å². The predicted octanol–water partition coefficient (Wildman–Crippen LogP) is 3.57. The molecule has 0 heterocycles. The summed E-state index contributed by atoms with van der Waals surface area (Å²) in [5.74, 6) is -0.814. The number of ether oxygens (including phenoxy) is 1. The van der Waals surface area contributed by atoms with Crippen LogP contribution >= 0.6 is 15.9 Å². The second-order valence-electron chi connectivity index (χ2n) is 4.01. The van der Waals surface area contributed by atoms with Crippen molar-refractivity contribution in [2.45, 2.75) is 0 Å². The minimum Gasteiger partial charge on any atom is -0.454 e. The van der Waals surface area contributed by atoms with Crippen molar-refractivity contribution in [2.75, 3.05) is 0 Å². The minimum absolute atomic E-state index is 0.0226. The Bertz CT molecular complexity index is 719. The summed E-state index contributed by atoms with van der Waals surface area (Å²) >= 11 is 3.01. The first-order chi connectivity index (χ1) is 9.90. The zero-order valence-corrected chi connectivity index (χ0v) is 12.1. The van der Waals surface area contributed by atoms with Gasteiger partial charge in [-0.1, -0.05) is 0 Å². The van der Waals surface area contributed by atoms with Crippen LogP contribution in [0.2, 0.25) is 0 Å². The van der Waals surface area contributed by atoms with E-state index in [9.17, 15) is 14.5 Å². The molecular weight excluding hydrogens is 345 g/mol. The molecule has 0 aliphatic carbocycles. The van der Waals surface area contributed by atoms with Crippen molar-refractivity contribution in [1.29, 1.82) is 5.41 Å². The quantitative estimate of drug-likeness (QED) is 0.379. The SMILES string of the molecule is N=C(N)c1ccc(Oc2ccc([N+](=O)[O-])cc2)c(F)c1Br. The smallest absolute Gasteiger partial charge is 0.269 e. The van der Waals surface area contributed by atoms with Crippen LogP contribution < -0.4 is 10.5 Å². The van der Waals surface area contributed by atoms with Gasteiger partial charge in [-0.15, -0.1) is 0 Å². The van der Waals surface area contributed by atoms with Crippen molar-refractivity contribution in [3.05, 3.63) is 62.4 Å². The van der Waals surface area contributed by atoms with E-state index >= 15 is 0 Å². The van der Waals surface area contributed by atoms with Gasteiger partial charge in [-0.2, -0.15) is 0 Å². The molecule has 0 spiro atoms. The van der Waals surface area contributed by atoms with Gasteiger partial charge in [0.1, 0.15) is 11.6 Å². The van der Waals surface area contributed by atoms with E-state index in [4.69, 9.17) is 15.9 Å². The number of nitrogen functional groups attached to an aromatic ring is 1. The lowest BCUT2D eigenvalue weighted by Crippen LogP contribution is -2.12. The Balaban J connectivity index is 2.29. The zero-order valence-electron chi connectivity index (χ0n) is 10.5. The summed E-state index contributed by atoms with van der Waals surface area (Å²) in [6.07, 6.45) is 0. The summed E-state index contributed by atoms with van der Waals surface area (Å²) in [5.41, 5.74) is 5.44. The third kappa shape index (κ3) is 3.16. The summed E-state index contributed by atoms with van der Waals surface area (Å²) in [4.78, 5) is 10.00. The van der Waals surface area contributed by atoms with Crippen LogP contribution in [0.5, 0.6) is 11.5 Å². The lowest BCUT2D eigenvalue weighted by atomic mass is 10.2. The normalized spacial score (nSPS) is 10.2. The van der Waals surface area contributed by atoms with Crippen LogP contribution in [0.15, 0.2) is 40.9 Å². The summed E-state index contributed by atoms with van der Waals surface area (Å²) in [6.45, 7) is 0. The van der Waals surface area contributed by atoms with Gasteiger partial charge >= 0.3 is 0 Å². The lowest BCUT2D eigenvalue weighted by Gasteiger charge is -2.10. The van der Waals surface area contributed by atoms with Gasteiger partial charge in [0.05, 0.1) is 9.40 Å². The number of hydrogen-bond donors (Lipinski definition) is 2. The fourth-order valence-electron chi connectivity index (χ4n) is 1.58. The van der Waals surface area contributed by atoms with Crippen molar-refractivity contribution >= 4 is 27.5 Å². The number of non-ortho nitro benzene ring substituents is 1. The molecule has 0 saturated carbocycles. The molecule has 0 saturated heterocycles. The number of nitro benzene ring substituents is 1. The van der Waals surface area contributed by atoms with Crippen LogP contribution in [0.3, 0.4) is 0 Å². The maximum atomic E-state index is 14.1. The average Bonchev–Trinajstić information content (AvgIpc) is 2.44. The second kappa shape index (κ2) is 5.88. The summed E-state index contributed by atoms with van der Waals surface area (Å²) in [7, 11) is 0. The lowest BCUT2D eigenvalue weighted by molar-refractivity contribution is -0.384. The molecule has 0 atom stereocenters. The number of nitro groups is 1. The van der Waals surface area contributed by atoms with Crippen LogP contribution in [-0.4, -0.2) is 10.8 Å².